The summed E-state index contributed by atoms with van der Waals surface area (Å²) in [5.74, 6) is -0.257. The number of nitrogens with zero attached hydrogens (tertiary/aromatic N) is 1. The van der Waals surface area contributed by atoms with Crippen molar-refractivity contribution in [3.05, 3.63) is 59.1 Å². The third-order valence-corrected chi connectivity index (χ3v) is 5.40. The average Bonchev–Trinajstić information content (AvgIpc) is 2.86. The number of rotatable bonds is 16. The number of hydrogen-bond acceptors (Lipinski definition) is 6. The van der Waals surface area contributed by atoms with Crippen molar-refractivity contribution >= 4 is 23.7 Å². The molecular formula is C26H31ClF3NO7. The molecule has 0 fully saturated rings. The molecule has 0 saturated carbocycles. The number of carboxylic acid groups (broad SMARTS) is 1. The Hall–Kier alpha value is -3.02. The third kappa shape index (κ3) is 12.5. The van der Waals surface area contributed by atoms with Crippen molar-refractivity contribution in [1.29, 1.82) is 0 Å². The number of halogens is 4. The normalized spacial score (nSPS) is 12.1. The molecule has 2 aromatic carbocycles. The highest BCUT2D eigenvalue weighted by molar-refractivity contribution is 6.30. The molecule has 2 aromatic rings. The van der Waals surface area contributed by atoms with E-state index in [1.54, 1.807) is 43.3 Å². The monoisotopic (exact) mass is 561 g/mol. The minimum Gasteiger partial charge on any atom is -0.492 e. The van der Waals surface area contributed by atoms with Gasteiger partial charge in [-0.25, -0.2) is 9.59 Å². The summed E-state index contributed by atoms with van der Waals surface area (Å²) in [5.41, 5.74) is 0.758. The number of amides is 1. The van der Waals surface area contributed by atoms with E-state index in [2.05, 4.69) is 0 Å². The van der Waals surface area contributed by atoms with Crippen LogP contribution in [0.4, 0.5) is 18.0 Å². The molecule has 0 aromatic heterocycles. The van der Waals surface area contributed by atoms with Crippen LogP contribution in [0.15, 0.2) is 48.5 Å². The Kier molecular flexibility index (Phi) is 13.2. The van der Waals surface area contributed by atoms with Crippen molar-refractivity contribution in [2.24, 2.45) is 0 Å². The van der Waals surface area contributed by atoms with E-state index < -0.39 is 30.8 Å². The molecule has 12 heteroatoms. The van der Waals surface area contributed by atoms with Crippen LogP contribution in [0.25, 0.3) is 0 Å². The van der Waals surface area contributed by atoms with Gasteiger partial charge in [-0.1, -0.05) is 23.7 Å². The summed E-state index contributed by atoms with van der Waals surface area (Å²) in [7, 11) is 0. The molecule has 210 valence electrons. The standard InChI is InChI=1S/C26H31ClF3NO7/c1-2-36-23(24(32)33)18-19-4-8-21(9-5-19)37-17-14-31(13-16-35-15-3-12-26(28,29)30)25(34)38-22-10-6-20(27)7-11-22/h4-11,23H,2-3,12-18H2,1H3,(H,32,33). The van der Waals surface area contributed by atoms with E-state index >= 15 is 0 Å². The molecule has 0 saturated heterocycles. The smallest absolute Gasteiger partial charge is 0.415 e. The van der Waals surface area contributed by atoms with Crippen LogP contribution in [0.5, 0.6) is 11.5 Å². The van der Waals surface area contributed by atoms with Gasteiger partial charge in [-0.05, 0) is 55.3 Å². The average molecular weight is 562 g/mol. The molecule has 1 amide bonds. The number of carboxylic acids is 1. The van der Waals surface area contributed by atoms with Crippen LogP contribution in [0.1, 0.15) is 25.3 Å². The Labute approximate surface area is 224 Å². The summed E-state index contributed by atoms with van der Waals surface area (Å²) in [5, 5.41) is 9.70. The number of ether oxygens (including phenoxy) is 4. The summed E-state index contributed by atoms with van der Waals surface area (Å²) in [6.45, 7) is 2.23. The highest BCUT2D eigenvalue weighted by Gasteiger charge is 2.26. The van der Waals surface area contributed by atoms with Crippen molar-refractivity contribution in [3.8, 4) is 11.5 Å². The van der Waals surface area contributed by atoms with Crippen molar-refractivity contribution in [2.75, 3.05) is 39.5 Å². The highest BCUT2D eigenvalue weighted by Crippen LogP contribution is 2.21. The topological polar surface area (TPSA) is 94.5 Å². The van der Waals surface area contributed by atoms with E-state index in [1.165, 1.54) is 17.0 Å². The van der Waals surface area contributed by atoms with Gasteiger partial charge in [0.1, 0.15) is 18.1 Å². The predicted octanol–water partition coefficient (Wildman–Crippen LogP) is 5.61. The maximum Gasteiger partial charge on any atom is 0.415 e. The van der Waals surface area contributed by atoms with Crippen molar-refractivity contribution in [3.63, 3.8) is 0 Å². The molecule has 1 atom stereocenters. The van der Waals surface area contributed by atoms with Crippen LogP contribution in [0.3, 0.4) is 0 Å². The molecule has 0 heterocycles. The molecule has 0 aliphatic rings. The number of benzene rings is 2. The van der Waals surface area contributed by atoms with Gasteiger partial charge in [0, 0.05) is 37.6 Å². The molecule has 2 rings (SSSR count). The fraction of sp³-hybridized carbons (Fsp3) is 0.462. The first-order chi connectivity index (χ1) is 18.1. The second-order valence-electron chi connectivity index (χ2n) is 8.12. The highest BCUT2D eigenvalue weighted by atomic mass is 35.5. The van der Waals surface area contributed by atoms with Crippen LogP contribution in [-0.2, 0) is 20.7 Å². The lowest BCUT2D eigenvalue weighted by atomic mass is 10.1. The molecule has 0 aliphatic carbocycles. The van der Waals surface area contributed by atoms with Crippen LogP contribution in [-0.4, -0.2) is 73.9 Å². The first kappa shape index (κ1) is 31.2. The van der Waals surface area contributed by atoms with Crippen molar-refractivity contribution < 1.29 is 46.8 Å². The Morgan fingerprint density at radius 3 is 2.21 bits per heavy atom. The Morgan fingerprint density at radius 1 is 0.974 bits per heavy atom. The molecule has 1 N–H and O–H groups in total. The Bertz CT molecular complexity index is 988. The number of aliphatic carboxylic acids is 1. The zero-order chi connectivity index (χ0) is 28.0. The van der Waals surface area contributed by atoms with Gasteiger partial charge in [0.15, 0.2) is 6.10 Å². The largest absolute Gasteiger partial charge is 0.492 e. The summed E-state index contributed by atoms with van der Waals surface area (Å²) in [4.78, 5) is 25.3. The van der Waals surface area contributed by atoms with E-state index in [0.717, 1.165) is 5.56 Å². The SMILES string of the molecule is CCOC(Cc1ccc(OCCN(CCOCCCC(F)(F)F)C(=O)Oc2ccc(Cl)cc2)cc1)C(=O)O. The molecule has 0 spiro atoms. The maximum absolute atomic E-state index is 12.7. The van der Waals surface area contributed by atoms with Crippen molar-refractivity contribution in [1.82, 2.24) is 4.90 Å². The molecule has 8 nitrogen and oxygen atoms in total. The van der Waals surface area contributed by atoms with Gasteiger partial charge >= 0.3 is 18.2 Å². The summed E-state index contributed by atoms with van der Waals surface area (Å²) >= 11 is 5.85. The van der Waals surface area contributed by atoms with Gasteiger partial charge in [-0.2, -0.15) is 13.2 Å². The van der Waals surface area contributed by atoms with Gasteiger partial charge in [0.2, 0.25) is 0 Å². The fourth-order valence-corrected chi connectivity index (χ4v) is 3.37. The fourth-order valence-electron chi connectivity index (χ4n) is 3.24. The van der Waals surface area contributed by atoms with Crippen LogP contribution < -0.4 is 9.47 Å². The zero-order valence-corrected chi connectivity index (χ0v) is 21.7. The first-order valence-electron chi connectivity index (χ1n) is 12.0. The zero-order valence-electron chi connectivity index (χ0n) is 20.9. The van der Waals surface area contributed by atoms with Crippen LogP contribution in [0, 0.1) is 0 Å². The molecular weight excluding hydrogens is 531 g/mol. The first-order valence-corrected chi connectivity index (χ1v) is 12.4. The number of hydrogen-bond donors (Lipinski definition) is 1. The van der Waals surface area contributed by atoms with Crippen LogP contribution in [0.2, 0.25) is 5.02 Å². The minimum atomic E-state index is -4.24. The molecule has 38 heavy (non-hydrogen) atoms. The van der Waals surface area contributed by atoms with Gasteiger partial charge in [0.05, 0.1) is 13.2 Å². The summed E-state index contributed by atoms with van der Waals surface area (Å²) in [6, 6.07) is 13.0. The second kappa shape index (κ2) is 16.1. The maximum atomic E-state index is 12.7. The van der Waals surface area contributed by atoms with E-state index in [-0.39, 0.29) is 58.1 Å². The van der Waals surface area contributed by atoms with Gasteiger partial charge in [-0.15, -0.1) is 0 Å². The lowest BCUT2D eigenvalue weighted by molar-refractivity contribution is -0.150. The second-order valence-corrected chi connectivity index (χ2v) is 8.56. The summed E-state index contributed by atoms with van der Waals surface area (Å²) < 4.78 is 58.4. The van der Waals surface area contributed by atoms with E-state index in [9.17, 15) is 27.9 Å². The van der Waals surface area contributed by atoms with Crippen LogP contribution >= 0.6 is 11.6 Å². The van der Waals surface area contributed by atoms with Gasteiger partial charge in [0.25, 0.3) is 0 Å². The summed E-state index contributed by atoms with van der Waals surface area (Å²) in [6.07, 6.45) is -6.77. The van der Waals surface area contributed by atoms with Gasteiger partial charge < -0.3 is 29.0 Å². The Balaban J connectivity index is 1.89. The lowest BCUT2D eigenvalue weighted by Gasteiger charge is -2.22. The molecule has 0 bridgehead atoms. The molecule has 0 radical (unpaired) electrons. The van der Waals surface area contributed by atoms with E-state index in [4.69, 9.17) is 30.5 Å². The minimum absolute atomic E-state index is 0.0207. The molecule has 0 aliphatic heterocycles. The predicted molar refractivity (Wildman–Crippen MR) is 134 cm³/mol. The van der Waals surface area contributed by atoms with E-state index in [1.807, 2.05) is 0 Å². The Morgan fingerprint density at radius 2 is 1.61 bits per heavy atom. The number of carbonyl (C=O) groups is 2. The van der Waals surface area contributed by atoms with Crippen molar-refractivity contribution in [2.45, 2.75) is 38.5 Å². The quantitative estimate of drug-likeness (QED) is 0.266. The lowest BCUT2D eigenvalue weighted by Crippen LogP contribution is -2.39. The van der Waals surface area contributed by atoms with E-state index in [0.29, 0.717) is 10.8 Å². The number of carbonyl (C=O) groups excluding carboxylic acids is 1. The molecule has 1 unspecified atom stereocenters. The van der Waals surface area contributed by atoms with Gasteiger partial charge in [-0.3, -0.25) is 0 Å². The number of alkyl halides is 3. The third-order valence-electron chi connectivity index (χ3n) is 5.15.